The highest BCUT2D eigenvalue weighted by Crippen LogP contribution is 2.33. The number of carbonyl (C=O) groups excluding carboxylic acids is 1. The Hall–Kier alpha value is -0.870. The molecule has 1 rings (SSSR count). The van der Waals surface area contributed by atoms with Crippen molar-refractivity contribution in [3.8, 4) is 0 Å². The Labute approximate surface area is 97.5 Å². The summed E-state index contributed by atoms with van der Waals surface area (Å²) in [5.74, 6) is -1.40. The summed E-state index contributed by atoms with van der Waals surface area (Å²) in [5, 5.41) is 1.00. The molecule has 0 aromatic carbocycles. The maximum atomic E-state index is 12.3. The fourth-order valence-corrected chi connectivity index (χ4v) is 1.65. The second-order valence-corrected chi connectivity index (χ2v) is 4.13. The van der Waals surface area contributed by atoms with E-state index in [4.69, 9.17) is 0 Å². The number of carbonyl (C=O) groups is 1. The monoisotopic (exact) mass is 275 g/mol. The third-order valence-corrected chi connectivity index (χ3v) is 2.63. The van der Waals surface area contributed by atoms with Crippen molar-refractivity contribution >= 4 is 17.4 Å². The fourth-order valence-electron chi connectivity index (χ4n) is 1.48. The average molecular weight is 275 g/mol. The van der Waals surface area contributed by atoms with E-state index in [0.717, 1.165) is 5.06 Å². The number of rotatable bonds is 2. The molecular formula is C7H10F3N2O4S-. The molecule has 10 heteroatoms. The van der Waals surface area contributed by atoms with Crippen molar-refractivity contribution < 1.29 is 31.6 Å². The molecule has 1 amide bonds. The van der Waals surface area contributed by atoms with Crippen LogP contribution < -0.4 is 4.72 Å². The topological polar surface area (TPSA) is 81.7 Å². The maximum Gasteiger partial charge on any atom is 0.437 e. The van der Waals surface area contributed by atoms with Crippen molar-refractivity contribution in [1.82, 2.24) is 9.79 Å². The summed E-state index contributed by atoms with van der Waals surface area (Å²) in [6, 6.07) is 0. The standard InChI is InChI=1S/C7H11F3N2O4S/c8-7(9,10)5-1-3-12(4-2-5)16-6(13)11-17(14)15/h5H,1-4H2,(H,11,13)(H,14,15)/p-1. The first-order valence-electron chi connectivity index (χ1n) is 4.68. The average Bonchev–Trinajstić information content (AvgIpc) is 2.15. The minimum atomic E-state index is -4.25. The van der Waals surface area contributed by atoms with Crippen LogP contribution in [-0.4, -0.2) is 39.2 Å². The molecule has 1 heterocycles. The van der Waals surface area contributed by atoms with Gasteiger partial charge in [-0.15, -0.1) is 5.06 Å². The molecule has 0 radical (unpaired) electrons. The number of halogens is 3. The molecule has 100 valence electrons. The smallest absolute Gasteiger partial charge is 0.437 e. The third kappa shape index (κ3) is 4.88. The predicted octanol–water partition coefficient (Wildman–Crippen LogP) is 0.696. The largest absolute Gasteiger partial charge is 0.755 e. The van der Waals surface area contributed by atoms with Crippen LogP contribution in [0.1, 0.15) is 12.8 Å². The summed E-state index contributed by atoms with van der Waals surface area (Å²) >= 11 is -2.80. The van der Waals surface area contributed by atoms with Crippen molar-refractivity contribution in [2.75, 3.05) is 13.1 Å². The second-order valence-electron chi connectivity index (χ2n) is 3.46. The van der Waals surface area contributed by atoms with Crippen LogP contribution in [0.5, 0.6) is 0 Å². The quantitative estimate of drug-likeness (QED) is 0.750. The van der Waals surface area contributed by atoms with E-state index < -0.39 is 29.5 Å². The van der Waals surface area contributed by atoms with Crippen LogP contribution in [0.2, 0.25) is 0 Å². The summed E-state index contributed by atoms with van der Waals surface area (Å²) in [5.41, 5.74) is 0. The van der Waals surface area contributed by atoms with E-state index >= 15 is 0 Å². The summed E-state index contributed by atoms with van der Waals surface area (Å²) in [4.78, 5) is 15.3. The Bertz CT molecular complexity index is 304. The number of nitrogens with one attached hydrogen (secondary N) is 1. The van der Waals surface area contributed by atoms with Crippen molar-refractivity contribution in [3.63, 3.8) is 0 Å². The van der Waals surface area contributed by atoms with Gasteiger partial charge < -0.3 is 9.39 Å². The highest BCUT2D eigenvalue weighted by molar-refractivity contribution is 7.77. The van der Waals surface area contributed by atoms with Gasteiger partial charge >= 0.3 is 12.3 Å². The van der Waals surface area contributed by atoms with E-state index in [9.17, 15) is 26.7 Å². The molecular weight excluding hydrogens is 265 g/mol. The van der Waals surface area contributed by atoms with Crippen molar-refractivity contribution in [3.05, 3.63) is 0 Å². The second kappa shape index (κ2) is 5.65. The molecule has 17 heavy (non-hydrogen) atoms. The molecule has 1 saturated heterocycles. The van der Waals surface area contributed by atoms with Gasteiger partial charge in [-0.3, -0.25) is 4.21 Å². The van der Waals surface area contributed by atoms with E-state index in [0.29, 0.717) is 0 Å². The molecule has 1 aliphatic heterocycles. The van der Waals surface area contributed by atoms with Gasteiger partial charge in [-0.1, -0.05) is 0 Å². The Morgan fingerprint density at radius 3 is 2.35 bits per heavy atom. The van der Waals surface area contributed by atoms with E-state index in [-0.39, 0.29) is 25.9 Å². The molecule has 0 spiro atoms. The van der Waals surface area contributed by atoms with Crippen LogP contribution >= 0.6 is 0 Å². The number of amides is 1. The van der Waals surface area contributed by atoms with Crippen LogP contribution in [0.25, 0.3) is 0 Å². The first-order chi connectivity index (χ1) is 7.79. The molecule has 1 N–H and O–H groups in total. The zero-order valence-corrected chi connectivity index (χ0v) is 9.34. The maximum absolute atomic E-state index is 12.3. The highest BCUT2D eigenvalue weighted by Gasteiger charge is 2.41. The minimum Gasteiger partial charge on any atom is -0.755 e. The lowest BCUT2D eigenvalue weighted by Crippen LogP contribution is -2.42. The molecule has 0 aromatic rings. The SMILES string of the molecule is O=C(NS(=O)[O-])ON1CCC(C(F)(F)F)CC1. The molecule has 1 fully saturated rings. The van der Waals surface area contributed by atoms with Gasteiger partial charge in [-0.25, -0.2) is 9.52 Å². The number of hydrogen-bond acceptors (Lipinski definition) is 5. The Morgan fingerprint density at radius 1 is 1.41 bits per heavy atom. The van der Waals surface area contributed by atoms with Gasteiger partial charge in [0.2, 0.25) is 0 Å². The number of hydrogen-bond donors (Lipinski definition) is 1. The lowest BCUT2D eigenvalue weighted by molar-refractivity contribution is -0.204. The summed E-state index contributed by atoms with van der Waals surface area (Å²) in [6.45, 7) is -0.161. The first kappa shape index (κ1) is 14.2. The van der Waals surface area contributed by atoms with Crippen LogP contribution in [0, 0.1) is 5.92 Å². The molecule has 0 aliphatic carbocycles. The molecule has 0 saturated carbocycles. The Balaban J connectivity index is 2.33. The van der Waals surface area contributed by atoms with Gasteiger partial charge in [0, 0.05) is 24.4 Å². The normalized spacial score (nSPS) is 20.9. The first-order valence-corrected chi connectivity index (χ1v) is 5.76. The van der Waals surface area contributed by atoms with Gasteiger partial charge in [0.25, 0.3) is 0 Å². The van der Waals surface area contributed by atoms with Crippen LogP contribution in [0.4, 0.5) is 18.0 Å². The summed E-state index contributed by atoms with van der Waals surface area (Å²) in [7, 11) is 0. The molecule has 1 unspecified atom stereocenters. The van der Waals surface area contributed by atoms with Crippen molar-refractivity contribution in [2.45, 2.75) is 19.0 Å². The minimum absolute atomic E-state index is 0.0803. The Morgan fingerprint density at radius 2 is 1.94 bits per heavy atom. The molecule has 6 nitrogen and oxygen atoms in total. The zero-order valence-electron chi connectivity index (χ0n) is 8.53. The van der Waals surface area contributed by atoms with Gasteiger partial charge in [-0.05, 0) is 12.8 Å². The number of alkyl halides is 3. The predicted molar refractivity (Wildman–Crippen MR) is 48.9 cm³/mol. The van der Waals surface area contributed by atoms with Gasteiger partial charge in [0.15, 0.2) is 0 Å². The van der Waals surface area contributed by atoms with Gasteiger partial charge in [0.1, 0.15) is 0 Å². The van der Waals surface area contributed by atoms with Crippen LogP contribution in [0.3, 0.4) is 0 Å². The van der Waals surface area contributed by atoms with E-state index in [2.05, 4.69) is 4.84 Å². The molecule has 1 atom stereocenters. The van der Waals surface area contributed by atoms with Crippen LogP contribution in [-0.2, 0) is 16.1 Å². The molecule has 1 aliphatic rings. The van der Waals surface area contributed by atoms with Crippen molar-refractivity contribution in [1.29, 1.82) is 0 Å². The number of nitrogens with zero attached hydrogens (tertiary/aromatic N) is 1. The van der Waals surface area contributed by atoms with Gasteiger partial charge in [0.05, 0.1) is 5.92 Å². The summed E-state index contributed by atoms with van der Waals surface area (Å²) in [6.07, 6.45) is -5.84. The highest BCUT2D eigenvalue weighted by atomic mass is 32.2. The fraction of sp³-hybridized carbons (Fsp3) is 0.857. The van der Waals surface area contributed by atoms with E-state index in [1.54, 1.807) is 0 Å². The lowest BCUT2D eigenvalue weighted by Gasteiger charge is -2.31. The van der Waals surface area contributed by atoms with Gasteiger partial charge in [-0.2, -0.15) is 13.2 Å². The molecule has 0 aromatic heterocycles. The number of piperidine rings is 1. The lowest BCUT2D eigenvalue weighted by atomic mass is 9.97. The Kier molecular flexibility index (Phi) is 4.71. The third-order valence-electron chi connectivity index (χ3n) is 2.30. The summed E-state index contributed by atoms with van der Waals surface area (Å²) < 4.78 is 58.4. The van der Waals surface area contributed by atoms with E-state index in [1.807, 2.05) is 0 Å². The zero-order chi connectivity index (χ0) is 13.1. The number of hydroxylamine groups is 2. The van der Waals surface area contributed by atoms with Crippen LogP contribution in [0.15, 0.2) is 0 Å². The van der Waals surface area contributed by atoms with Crippen molar-refractivity contribution in [2.24, 2.45) is 5.92 Å². The molecule has 0 bridgehead atoms. The van der Waals surface area contributed by atoms with E-state index in [1.165, 1.54) is 4.72 Å².